The maximum absolute atomic E-state index is 14.9. The number of amides is 3. The Morgan fingerprint density at radius 3 is 2.26 bits per heavy atom. The Bertz CT molecular complexity index is 1370. The van der Waals surface area contributed by atoms with Gasteiger partial charge in [-0.15, -0.1) is 0 Å². The Morgan fingerprint density at radius 1 is 1.05 bits per heavy atom. The number of piperazine rings is 1. The summed E-state index contributed by atoms with van der Waals surface area (Å²) in [7, 11) is -4.54. The fourth-order valence-corrected chi connectivity index (χ4v) is 6.80. The number of fused-ring (bicyclic) bond motifs is 1. The fourth-order valence-electron chi connectivity index (χ4n) is 4.88. The van der Waals surface area contributed by atoms with Crippen molar-refractivity contribution in [3.63, 3.8) is 0 Å². The largest absolute Gasteiger partial charge is 0.343 e. The van der Waals surface area contributed by atoms with Gasteiger partial charge >= 0.3 is 0 Å². The van der Waals surface area contributed by atoms with Crippen molar-refractivity contribution in [1.29, 1.82) is 0 Å². The standard InChI is InChI=1S/C25H27Cl2FN4O5S/c1-14(2)30-13-23-31(38(36,37)22-9-8-18(27)11-19(22)28)12-20(29-15(3)33)24(34)32(23)21(25(30)35)10-16-4-6-17(26)7-5-16/h4-9,11,14,20-21,23H,10,12-13H2,1-3H3,(H,29,33). The van der Waals surface area contributed by atoms with E-state index in [1.54, 1.807) is 38.1 Å². The summed E-state index contributed by atoms with van der Waals surface area (Å²) < 4.78 is 43.5. The van der Waals surface area contributed by atoms with E-state index < -0.39 is 57.3 Å². The SMILES string of the molecule is CC(=O)NC1CN(S(=O)(=O)c2ccc(Cl)cc2F)C2CN(C(C)C)C(=O)C(Cc3ccc(Cl)cc3)N2C1=O. The highest BCUT2D eigenvalue weighted by atomic mass is 35.5. The summed E-state index contributed by atoms with van der Waals surface area (Å²) in [4.78, 5) is 41.4. The minimum atomic E-state index is -4.54. The summed E-state index contributed by atoms with van der Waals surface area (Å²) in [5.74, 6) is -2.57. The molecular formula is C25H27Cl2FN4O5S. The van der Waals surface area contributed by atoms with Crippen LogP contribution in [0.4, 0.5) is 4.39 Å². The smallest absolute Gasteiger partial charge is 0.248 e. The van der Waals surface area contributed by atoms with Gasteiger partial charge < -0.3 is 15.1 Å². The lowest BCUT2D eigenvalue weighted by Crippen LogP contribution is -2.76. The van der Waals surface area contributed by atoms with Crippen molar-refractivity contribution < 1.29 is 27.2 Å². The molecule has 38 heavy (non-hydrogen) atoms. The van der Waals surface area contributed by atoms with E-state index in [-0.39, 0.29) is 29.9 Å². The first-order valence-corrected chi connectivity index (χ1v) is 14.1. The molecule has 2 fully saturated rings. The highest BCUT2D eigenvalue weighted by Crippen LogP contribution is 2.33. The van der Waals surface area contributed by atoms with Crippen LogP contribution in [0.25, 0.3) is 0 Å². The summed E-state index contributed by atoms with van der Waals surface area (Å²) in [6, 6.07) is 7.28. The van der Waals surface area contributed by atoms with Gasteiger partial charge in [-0.05, 0) is 49.7 Å². The maximum Gasteiger partial charge on any atom is 0.248 e. The molecule has 0 bridgehead atoms. The van der Waals surface area contributed by atoms with E-state index in [0.29, 0.717) is 10.6 Å². The molecule has 2 aromatic carbocycles. The number of carbonyl (C=O) groups excluding carboxylic acids is 3. The van der Waals surface area contributed by atoms with Crippen LogP contribution in [0.1, 0.15) is 26.3 Å². The molecule has 0 spiro atoms. The molecule has 2 heterocycles. The van der Waals surface area contributed by atoms with E-state index >= 15 is 0 Å². The van der Waals surface area contributed by atoms with E-state index in [4.69, 9.17) is 23.2 Å². The van der Waals surface area contributed by atoms with Crippen molar-refractivity contribution >= 4 is 50.9 Å². The molecule has 9 nitrogen and oxygen atoms in total. The zero-order valence-corrected chi connectivity index (χ0v) is 23.2. The van der Waals surface area contributed by atoms with Crippen LogP contribution in [-0.2, 0) is 30.8 Å². The predicted octanol–water partition coefficient (Wildman–Crippen LogP) is 2.66. The average molecular weight is 585 g/mol. The summed E-state index contributed by atoms with van der Waals surface area (Å²) >= 11 is 11.8. The molecule has 2 aromatic rings. The van der Waals surface area contributed by atoms with Crippen LogP contribution >= 0.6 is 23.2 Å². The first-order valence-electron chi connectivity index (χ1n) is 11.9. The molecule has 3 unspecified atom stereocenters. The van der Waals surface area contributed by atoms with E-state index in [2.05, 4.69) is 5.32 Å². The molecule has 3 amide bonds. The Hall–Kier alpha value is -2.73. The van der Waals surface area contributed by atoms with Gasteiger partial charge in [-0.25, -0.2) is 12.8 Å². The first kappa shape index (κ1) is 28.3. The van der Waals surface area contributed by atoms with Gasteiger partial charge in [0.1, 0.15) is 29.0 Å². The molecule has 4 rings (SSSR count). The molecule has 0 saturated carbocycles. The molecule has 0 radical (unpaired) electrons. The number of carbonyl (C=O) groups is 3. The summed E-state index contributed by atoms with van der Waals surface area (Å²) in [6.45, 7) is 4.22. The van der Waals surface area contributed by atoms with Crippen molar-refractivity contribution in [2.24, 2.45) is 0 Å². The molecule has 2 saturated heterocycles. The Balaban J connectivity index is 1.85. The number of rotatable bonds is 6. The quantitative estimate of drug-likeness (QED) is 0.561. The third-order valence-corrected chi connectivity index (χ3v) is 9.04. The first-order chi connectivity index (χ1) is 17.8. The van der Waals surface area contributed by atoms with Crippen LogP contribution in [0.5, 0.6) is 0 Å². The Kier molecular flexibility index (Phi) is 8.04. The van der Waals surface area contributed by atoms with Gasteiger partial charge in [-0.2, -0.15) is 4.31 Å². The van der Waals surface area contributed by atoms with Gasteiger partial charge in [0.25, 0.3) is 0 Å². The second kappa shape index (κ2) is 10.8. The maximum atomic E-state index is 14.9. The van der Waals surface area contributed by atoms with E-state index in [1.165, 1.54) is 22.8 Å². The highest BCUT2D eigenvalue weighted by Gasteiger charge is 2.54. The lowest BCUT2D eigenvalue weighted by atomic mass is 9.96. The predicted molar refractivity (Wildman–Crippen MR) is 139 cm³/mol. The van der Waals surface area contributed by atoms with Crippen LogP contribution in [0.3, 0.4) is 0 Å². The molecule has 2 aliphatic rings. The summed E-state index contributed by atoms with van der Waals surface area (Å²) in [6.07, 6.45) is -1.05. The topological polar surface area (TPSA) is 107 Å². The summed E-state index contributed by atoms with van der Waals surface area (Å²) in [5.41, 5.74) is 0.699. The van der Waals surface area contributed by atoms with Crippen LogP contribution < -0.4 is 5.32 Å². The number of hydrogen-bond donors (Lipinski definition) is 1. The fraction of sp³-hybridized carbons (Fsp3) is 0.400. The molecule has 2 aliphatic heterocycles. The second-order valence-electron chi connectivity index (χ2n) is 9.56. The van der Waals surface area contributed by atoms with E-state index in [9.17, 15) is 27.2 Å². The number of sulfonamides is 1. The zero-order valence-electron chi connectivity index (χ0n) is 20.9. The molecule has 1 N–H and O–H groups in total. The number of nitrogens with one attached hydrogen (secondary N) is 1. The number of nitrogens with zero attached hydrogens (tertiary/aromatic N) is 3. The Labute approximate surface area is 230 Å². The van der Waals surface area contributed by atoms with Gasteiger partial charge in [0.05, 0.1) is 6.54 Å². The van der Waals surface area contributed by atoms with Gasteiger partial charge in [0.15, 0.2) is 0 Å². The molecule has 0 aliphatic carbocycles. The van der Waals surface area contributed by atoms with Gasteiger partial charge in [-0.3, -0.25) is 14.4 Å². The van der Waals surface area contributed by atoms with Crippen LogP contribution in [0, 0.1) is 5.82 Å². The third kappa shape index (κ3) is 5.38. The molecular weight excluding hydrogens is 558 g/mol. The van der Waals surface area contributed by atoms with Crippen LogP contribution in [-0.4, -0.2) is 77.6 Å². The normalized spacial score (nSPS) is 22.6. The monoisotopic (exact) mass is 584 g/mol. The molecule has 0 aromatic heterocycles. The average Bonchev–Trinajstić information content (AvgIpc) is 2.82. The second-order valence-corrected chi connectivity index (χ2v) is 12.3. The number of halogens is 3. The van der Waals surface area contributed by atoms with Crippen molar-refractivity contribution in [3.05, 3.63) is 63.9 Å². The Morgan fingerprint density at radius 2 is 1.68 bits per heavy atom. The molecule has 13 heteroatoms. The van der Waals surface area contributed by atoms with Gasteiger partial charge in [0.2, 0.25) is 27.7 Å². The summed E-state index contributed by atoms with van der Waals surface area (Å²) in [5, 5.41) is 3.00. The highest BCUT2D eigenvalue weighted by molar-refractivity contribution is 7.89. The lowest BCUT2D eigenvalue weighted by molar-refractivity contribution is -0.169. The van der Waals surface area contributed by atoms with Crippen molar-refractivity contribution in [3.8, 4) is 0 Å². The van der Waals surface area contributed by atoms with Crippen LogP contribution in [0.15, 0.2) is 47.4 Å². The van der Waals surface area contributed by atoms with E-state index in [0.717, 1.165) is 16.4 Å². The van der Waals surface area contributed by atoms with Gasteiger partial charge in [-0.1, -0.05) is 35.3 Å². The van der Waals surface area contributed by atoms with Crippen LogP contribution in [0.2, 0.25) is 10.0 Å². The third-order valence-electron chi connectivity index (χ3n) is 6.66. The van der Waals surface area contributed by atoms with Crippen molar-refractivity contribution in [1.82, 2.24) is 19.4 Å². The number of benzene rings is 2. The van der Waals surface area contributed by atoms with Crippen molar-refractivity contribution in [2.45, 2.75) is 56.4 Å². The number of hydrogen-bond acceptors (Lipinski definition) is 5. The lowest BCUT2D eigenvalue weighted by Gasteiger charge is -2.54. The van der Waals surface area contributed by atoms with E-state index in [1.807, 2.05) is 0 Å². The molecule has 204 valence electrons. The molecule has 3 atom stereocenters. The minimum absolute atomic E-state index is 0.0188. The minimum Gasteiger partial charge on any atom is -0.343 e. The van der Waals surface area contributed by atoms with Crippen molar-refractivity contribution in [2.75, 3.05) is 13.1 Å². The van der Waals surface area contributed by atoms with Gasteiger partial charge in [0, 0.05) is 36.0 Å². The zero-order chi connectivity index (χ0) is 27.9.